The first kappa shape index (κ1) is 14.4. The topological polar surface area (TPSA) is 44.0 Å². The highest BCUT2D eigenvalue weighted by atomic mass is 15.1. The number of nitrogens with one attached hydrogen (secondary N) is 2. The molecule has 0 fully saturated rings. The summed E-state index contributed by atoms with van der Waals surface area (Å²) in [4.78, 5) is 10.2. The molecule has 0 aliphatic rings. The van der Waals surface area contributed by atoms with Crippen molar-refractivity contribution >= 4 is 28.4 Å². The molecule has 0 spiro atoms. The lowest BCUT2D eigenvalue weighted by atomic mass is 10.2. The van der Waals surface area contributed by atoms with E-state index in [1.165, 1.54) is 11.3 Å². The van der Waals surface area contributed by atoms with Gasteiger partial charge in [-0.05, 0) is 62.7 Å². The Kier molecular flexibility index (Phi) is 4.00. The van der Waals surface area contributed by atoms with Crippen LogP contribution in [0.5, 0.6) is 0 Å². The van der Waals surface area contributed by atoms with Crippen LogP contribution in [0.1, 0.15) is 19.4 Å². The highest BCUT2D eigenvalue weighted by Crippen LogP contribution is 2.22. The molecule has 22 heavy (non-hydrogen) atoms. The standard InChI is InChI=1S/C18H22N4/c1-4-22(5-2)15-9-7-14(8-10-15)19-18-20-16-11-6-13(3)12-17(16)21-18/h6-12H,4-5H2,1-3H3,(H2,19,20,21). The van der Waals surface area contributed by atoms with Gasteiger partial charge >= 0.3 is 0 Å². The molecule has 1 aromatic heterocycles. The summed E-state index contributed by atoms with van der Waals surface area (Å²) in [6.07, 6.45) is 0. The van der Waals surface area contributed by atoms with Crippen molar-refractivity contribution in [3.8, 4) is 0 Å². The van der Waals surface area contributed by atoms with Gasteiger partial charge in [-0.2, -0.15) is 0 Å². The zero-order chi connectivity index (χ0) is 15.5. The van der Waals surface area contributed by atoms with E-state index in [1.54, 1.807) is 0 Å². The molecule has 4 nitrogen and oxygen atoms in total. The highest BCUT2D eigenvalue weighted by molar-refractivity contribution is 5.79. The Labute approximate surface area is 131 Å². The van der Waals surface area contributed by atoms with Gasteiger partial charge in [-0.25, -0.2) is 4.98 Å². The lowest BCUT2D eigenvalue weighted by Crippen LogP contribution is -2.21. The van der Waals surface area contributed by atoms with E-state index >= 15 is 0 Å². The number of fused-ring (bicyclic) bond motifs is 1. The average molecular weight is 294 g/mol. The SMILES string of the molecule is CCN(CC)c1ccc(Nc2nc3ccc(C)cc3[nH]2)cc1. The lowest BCUT2D eigenvalue weighted by molar-refractivity contribution is 0.866. The first-order valence-corrected chi connectivity index (χ1v) is 7.78. The van der Waals surface area contributed by atoms with Gasteiger partial charge in [-0.15, -0.1) is 0 Å². The van der Waals surface area contributed by atoms with Crippen LogP contribution >= 0.6 is 0 Å². The summed E-state index contributed by atoms with van der Waals surface area (Å²) in [7, 11) is 0. The van der Waals surface area contributed by atoms with Crippen LogP contribution in [0.2, 0.25) is 0 Å². The Balaban J connectivity index is 1.79. The van der Waals surface area contributed by atoms with Crippen molar-refractivity contribution in [3.63, 3.8) is 0 Å². The molecule has 4 heteroatoms. The van der Waals surface area contributed by atoms with E-state index in [0.717, 1.165) is 35.8 Å². The van der Waals surface area contributed by atoms with E-state index < -0.39 is 0 Å². The molecule has 0 atom stereocenters. The van der Waals surface area contributed by atoms with Crippen LogP contribution in [0.4, 0.5) is 17.3 Å². The van der Waals surface area contributed by atoms with Gasteiger partial charge in [0, 0.05) is 24.5 Å². The predicted octanol–water partition coefficient (Wildman–Crippen LogP) is 4.46. The molecule has 3 aromatic rings. The number of anilines is 3. The van der Waals surface area contributed by atoms with Gasteiger partial charge in [0.2, 0.25) is 5.95 Å². The zero-order valence-electron chi connectivity index (χ0n) is 13.4. The number of hydrogen-bond donors (Lipinski definition) is 2. The summed E-state index contributed by atoms with van der Waals surface area (Å²) in [5.41, 5.74) is 5.55. The first-order chi connectivity index (χ1) is 10.7. The second kappa shape index (κ2) is 6.10. The highest BCUT2D eigenvalue weighted by Gasteiger charge is 2.04. The van der Waals surface area contributed by atoms with Crippen LogP contribution in [0.15, 0.2) is 42.5 Å². The molecular weight excluding hydrogens is 272 g/mol. The second-order valence-corrected chi connectivity index (χ2v) is 5.45. The van der Waals surface area contributed by atoms with Crippen LogP contribution in [-0.4, -0.2) is 23.1 Å². The lowest BCUT2D eigenvalue weighted by Gasteiger charge is -2.21. The quantitative estimate of drug-likeness (QED) is 0.730. The summed E-state index contributed by atoms with van der Waals surface area (Å²) < 4.78 is 0. The third-order valence-electron chi connectivity index (χ3n) is 3.90. The number of nitrogens with zero attached hydrogens (tertiary/aromatic N) is 2. The van der Waals surface area contributed by atoms with E-state index in [4.69, 9.17) is 0 Å². The Hall–Kier alpha value is -2.49. The molecule has 1 heterocycles. The van der Waals surface area contributed by atoms with E-state index in [-0.39, 0.29) is 0 Å². The smallest absolute Gasteiger partial charge is 0.205 e. The number of rotatable bonds is 5. The molecule has 0 bridgehead atoms. The molecule has 2 N–H and O–H groups in total. The third kappa shape index (κ3) is 2.91. The van der Waals surface area contributed by atoms with Gasteiger partial charge in [0.25, 0.3) is 0 Å². The molecular formula is C18H22N4. The van der Waals surface area contributed by atoms with Crippen LogP contribution < -0.4 is 10.2 Å². The molecule has 0 unspecified atom stereocenters. The number of hydrogen-bond acceptors (Lipinski definition) is 3. The molecule has 0 saturated heterocycles. The Morgan fingerprint density at radius 2 is 1.77 bits per heavy atom. The second-order valence-electron chi connectivity index (χ2n) is 5.45. The average Bonchev–Trinajstić information content (AvgIpc) is 2.91. The number of aromatic amines is 1. The third-order valence-corrected chi connectivity index (χ3v) is 3.90. The van der Waals surface area contributed by atoms with Gasteiger partial charge in [0.15, 0.2) is 0 Å². The van der Waals surface area contributed by atoms with E-state index in [9.17, 15) is 0 Å². The maximum Gasteiger partial charge on any atom is 0.205 e. The largest absolute Gasteiger partial charge is 0.372 e. The number of H-pyrrole nitrogens is 1. The molecule has 0 aliphatic carbocycles. The van der Waals surface area contributed by atoms with Crippen LogP contribution in [0.3, 0.4) is 0 Å². The van der Waals surface area contributed by atoms with E-state index in [2.05, 4.69) is 77.4 Å². The summed E-state index contributed by atoms with van der Waals surface area (Å²) >= 11 is 0. The molecule has 114 valence electrons. The van der Waals surface area contributed by atoms with Gasteiger partial charge < -0.3 is 15.2 Å². The van der Waals surface area contributed by atoms with Gasteiger partial charge in [0.1, 0.15) is 0 Å². The Morgan fingerprint density at radius 1 is 1.05 bits per heavy atom. The molecule has 0 amide bonds. The van der Waals surface area contributed by atoms with Crippen LogP contribution in [0.25, 0.3) is 11.0 Å². The molecule has 0 aliphatic heterocycles. The van der Waals surface area contributed by atoms with Crippen molar-refractivity contribution in [1.29, 1.82) is 0 Å². The minimum Gasteiger partial charge on any atom is -0.372 e. The van der Waals surface area contributed by atoms with E-state index in [1.807, 2.05) is 6.07 Å². The minimum absolute atomic E-state index is 0.774. The van der Waals surface area contributed by atoms with Crippen molar-refractivity contribution in [2.45, 2.75) is 20.8 Å². The monoisotopic (exact) mass is 294 g/mol. The van der Waals surface area contributed by atoms with Crippen molar-refractivity contribution in [2.24, 2.45) is 0 Å². The number of aromatic nitrogens is 2. The Bertz CT molecular complexity index is 754. The maximum atomic E-state index is 4.56. The van der Waals surface area contributed by atoms with Crippen LogP contribution in [-0.2, 0) is 0 Å². The normalized spacial score (nSPS) is 10.9. The molecule has 0 saturated carbocycles. The van der Waals surface area contributed by atoms with Crippen molar-refractivity contribution in [1.82, 2.24) is 9.97 Å². The molecule has 0 radical (unpaired) electrons. The van der Waals surface area contributed by atoms with Crippen molar-refractivity contribution in [3.05, 3.63) is 48.0 Å². The fourth-order valence-corrected chi connectivity index (χ4v) is 2.66. The molecule has 3 rings (SSSR count). The summed E-state index contributed by atoms with van der Waals surface area (Å²) in [6, 6.07) is 14.7. The predicted molar refractivity (Wildman–Crippen MR) is 94.1 cm³/mol. The summed E-state index contributed by atoms with van der Waals surface area (Å²) in [5.74, 6) is 0.774. The summed E-state index contributed by atoms with van der Waals surface area (Å²) in [5, 5.41) is 3.33. The van der Waals surface area contributed by atoms with Gasteiger partial charge in [0.05, 0.1) is 11.0 Å². The van der Waals surface area contributed by atoms with Gasteiger partial charge in [-0.3, -0.25) is 0 Å². The first-order valence-electron chi connectivity index (χ1n) is 7.78. The summed E-state index contributed by atoms with van der Waals surface area (Å²) in [6.45, 7) is 8.47. The van der Waals surface area contributed by atoms with Crippen molar-refractivity contribution in [2.75, 3.05) is 23.3 Å². The van der Waals surface area contributed by atoms with Gasteiger partial charge in [-0.1, -0.05) is 6.07 Å². The minimum atomic E-state index is 0.774. The number of aryl methyl sites for hydroxylation is 1. The number of imidazole rings is 1. The fourth-order valence-electron chi connectivity index (χ4n) is 2.66. The Morgan fingerprint density at radius 3 is 2.45 bits per heavy atom. The fraction of sp³-hybridized carbons (Fsp3) is 0.278. The number of benzene rings is 2. The maximum absolute atomic E-state index is 4.56. The van der Waals surface area contributed by atoms with Crippen molar-refractivity contribution < 1.29 is 0 Å². The molecule has 2 aromatic carbocycles. The zero-order valence-corrected chi connectivity index (χ0v) is 13.4. The van der Waals surface area contributed by atoms with E-state index in [0.29, 0.717) is 0 Å². The van der Waals surface area contributed by atoms with Crippen LogP contribution in [0, 0.1) is 6.92 Å².